The van der Waals surface area contributed by atoms with Crippen molar-refractivity contribution in [2.45, 2.75) is 33.2 Å². The number of carbonyl (C=O) groups excluding carboxylic acids is 1. The number of nitrogens with one attached hydrogen (secondary N) is 1. The SMILES string of the molecule is CC(C)(C)C[C@@H](NC(=O)c1cccc(-c2cc(N)ncn2)c1)c1cccnc1. The Morgan fingerprint density at radius 1 is 1.14 bits per heavy atom. The predicted octanol–water partition coefficient (Wildman–Crippen LogP) is 4.03. The van der Waals surface area contributed by atoms with E-state index in [9.17, 15) is 4.79 Å². The molecule has 0 saturated heterocycles. The van der Waals surface area contributed by atoms with E-state index < -0.39 is 0 Å². The van der Waals surface area contributed by atoms with E-state index in [1.54, 1.807) is 24.5 Å². The lowest BCUT2D eigenvalue weighted by molar-refractivity contribution is 0.0926. The van der Waals surface area contributed by atoms with Crippen LogP contribution < -0.4 is 11.1 Å². The van der Waals surface area contributed by atoms with Gasteiger partial charge in [-0.05, 0) is 35.6 Å². The van der Waals surface area contributed by atoms with Crippen LogP contribution in [0.1, 0.15) is 49.2 Å². The Morgan fingerprint density at radius 2 is 1.96 bits per heavy atom. The summed E-state index contributed by atoms with van der Waals surface area (Å²) in [7, 11) is 0. The quantitative estimate of drug-likeness (QED) is 0.702. The van der Waals surface area contributed by atoms with Crippen molar-refractivity contribution in [3.63, 3.8) is 0 Å². The number of anilines is 1. The number of nitrogen functional groups attached to an aromatic ring is 1. The molecule has 1 atom stereocenters. The summed E-state index contributed by atoms with van der Waals surface area (Å²) in [5, 5.41) is 3.16. The van der Waals surface area contributed by atoms with Gasteiger partial charge >= 0.3 is 0 Å². The maximum atomic E-state index is 13.0. The summed E-state index contributed by atoms with van der Waals surface area (Å²) in [4.78, 5) is 25.3. The molecule has 0 bridgehead atoms. The van der Waals surface area contributed by atoms with Crippen LogP contribution in [0.25, 0.3) is 11.3 Å². The summed E-state index contributed by atoms with van der Waals surface area (Å²) in [6.07, 6.45) is 5.75. The highest BCUT2D eigenvalue weighted by Gasteiger charge is 2.23. The van der Waals surface area contributed by atoms with Crippen molar-refractivity contribution in [3.8, 4) is 11.3 Å². The standard InChI is InChI=1S/C22H25N5O/c1-22(2,3)12-19(17-8-5-9-24-13-17)27-21(28)16-7-4-6-15(10-16)18-11-20(23)26-14-25-18/h4-11,13-14,19H,12H2,1-3H3,(H,27,28)(H2,23,25,26)/t19-/m1/s1. The maximum absolute atomic E-state index is 13.0. The zero-order chi connectivity index (χ0) is 20.1. The van der Waals surface area contributed by atoms with Crippen LogP contribution in [0.3, 0.4) is 0 Å². The van der Waals surface area contributed by atoms with Gasteiger partial charge in [0.1, 0.15) is 12.1 Å². The molecular formula is C22H25N5O. The molecule has 0 saturated carbocycles. The first-order valence-corrected chi connectivity index (χ1v) is 9.20. The number of amides is 1. The Balaban J connectivity index is 1.85. The minimum absolute atomic E-state index is 0.0497. The van der Waals surface area contributed by atoms with E-state index in [0.29, 0.717) is 17.1 Å². The van der Waals surface area contributed by atoms with Crippen LogP contribution in [0.4, 0.5) is 5.82 Å². The van der Waals surface area contributed by atoms with Crippen molar-refractivity contribution in [2.75, 3.05) is 5.73 Å². The van der Waals surface area contributed by atoms with Crippen LogP contribution in [0.2, 0.25) is 0 Å². The van der Waals surface area contributed by atoms with Gasteiger partial charge in [0, 0.05) is 29.6 Å². The van der Waals surface area contributed by atoms with Crippen LogP contribution in [-0.4, -0.2) is 20.9 Å². The third kappa shape index (κ3) is 5.13. The Labute approximate surface area is 165 Å². The summed E-state index contributed by atoms with van der Waals surface area (Å²) in [6, 6.07) is 12.8. The number of hydrogen-bond donors (Lipinski definition) is 2. The summed E-state index contributed by atoms with van der Waals surface area (Å²) in [5.41, 5.74) is 8.85. The van der Waals surface area contributed by atoms with Crippen LogP contribution in [0, 0.1) is 5.41 Å². The smallest absolute Gasteiger partial charge is 0.251 e. The molecule has 6 nitrogen and oxygen atoms in total. The molecule has 1 aromatic carbocycles. The fourth-order valence-corrected chi connectivity index (χ4v) is 3.04. The molecule has 0 spiro atoms. The van der Waals surface area contributed by atoms with Crippen LogP contribution in [0.5, 0.6) is 0 Å². The molecule has 0 aliphatic carbocycles. The largest absolute Gasteiger partial charge is 0.384 e. The van der Waals surface area contributed by atoms with E-state index in [-0.39, 0.29) is 17.4 Å². The minimum Gasteiger partial charge on any atom is -0.384 e. The predicted molar refractivity (Wildman–Crippen MR) is 110 cm³/mol. The van der Waals surface area contributed by atoms with Gasteiger partial charge in [0.2, 0.25) is 0 Å². The first kappa shape index (κ1) is 19.5. The molecule has 3 aromatic rings. The molecule has 0 fully saturated rings. The van der Waals surface area contributed by atoms with E-state index in [1.165, 1.54) is 6.33 Å². The zero-order valence-corrected chi connectivity index (χ0v) is 16.4. The molecule has 3 rings (SSSR count). The van der Waals surface area contributed by atoms with E-state index >= 15 is 0 Å². The average molecular weight is 375 g/mol. The zero-order valence-electron chi connectivity index (χ0n) is 16.4. The molecule has 6 heteroatoms. The van der Waals surface area contributed by atoms with Gasteiger partial charge < -0.3 is 11.1 Å². The number of nitrogens with zero attached hydrogens (tertiary/aromatic N) is 3. The Hall–Kier alpha value is -3.28. The molecule has 0 aliphatic heterocycles. The van der Waals surface area contributed by atoms with Crippen molar-refractivity contribution >= 4 is 11.7 Å². The first-order valence-electron chi connectivity index (χ1n) is 9.20. The van der Waals surface area contributed by atoms with Crippen molar-refractivity contribution in [1.29, 1.82) is 0 Å². The lowest BCUT2D eigenvalue weighted by Crippen LogP contribution is -2.31. The molecule has 0 unspecified atom stereocenters. The van der Waals surface area contributed by atoms with Crippen LogP contribution in [-0.2, 0) is 0 Å². The highest BCUT2D eigenvalue weighted by Crippen LogP contribution is 2.29. The van der Waals surface area contributed by atoms with E-state index in [1.807, 2.05) is 30.3 Å². The number of hydrogen-bond acceptors (Lipinski definition) is 5. The van der Waals surface area contributed by atoms with Crippen LogP contribution >= 0.6 is 0 Å². The summed E-state index contributed by atoms with van der Waals surface area (Å²) < 4.78 is 0. The summed E-state index contributed by atoms with van der Waals surface area (Å²) >= 11 is 0. The van der Waals surface area contributed by atoms with E-state index in [0.717, 1.165) is 17.5 Å². The molecule has 0 aliphatic rings. The molecule has 2 aromatic heterocycles. The van der Waals surface area contributed by atoms with Crippen molar-refractivity contribution in [1.82, 2.24) is 20.3 Å². The number of rotatable bonds is 5. The summed E-state index contributed by atoms with van der Waals surface area (Å²) in [5.74, 6) is 0.253. The van der Waals surface area contributed by atoms with Crippen LogP contribution in [0.15, 0.2) is 61.2 Å². The van der Waals surface area contributed by atoms with Crippen molar-refractivity contribution in [3.05, 3.63) is 72.3 Å². The molecule has 1 amide bonds. The first-order chi connectivity index (χ1) is 13.3. The molecule has 0 radical (unpaired) electrons. The van der Waals surface area contributed by atoms with Gasteiger partial charge in [0.05, 0.1) is 11.7 Å². The molecule has 3 N–H and O–H groups in total. The Kier molecular flexibility index (Phi) is 5.68. The Bertz CT molecular complexity index is 950. The van der Waals surface area contributed by atoms with Crippen molar-refractivity contribution in [2.24, 2.45) is 5.41 Å². The second-order valence-electron chi connectivity index (χ2n) is 7.99. The monoisotopic (exact) mass is 375 g/mol. The van der Waals surface area contributed by atoms with Gasteiger partial charge in [0.25, 0.3) is 5.91 Å². The molecule has 2 heterocycles. The third-order valence-electron chi connectivity index (χ3n) is 4.32. The fourth-order valence-electron chi connectivity index (χ4n) is 3.04. The van der Waals surface area contributed by atoms with Gasteiger partial charge in [0.15, 0.2) is 0 Å². The normalized spacial score (nSPS) is 12.4. The third-order valence-corrected chi connectivity index (χ3v) is 4.32. The Morgan fingerprint density at radius 3 is 2.64 bits per heavy atom. The number of pyridine rings is 1. The van der Waals surface area contributed by atoms with E-state index in [4.69, 9.17) is 5.73 Å². The highest BCUT2D eigenvalue weighted by atomic mass is 16.1. The average Bonchev–Trinajstić information content (AvgIpc) is 2.67. The number of nitrogens with two attached hydrogens (primary N) is 1. The molecule has 144 valence electrons. The minimum atomic E-state index is -0.137. The van der Waals surface area contributed by atoms with E-state index in [2.05, 4.69) is 41.0 Å². The van der Waals surface area contributed by atoms with Gasteiger partial charge in [-0.15, -0.1) is 0 Å². The fraction of sp³-hybridized carbons (Fsp3) is 0.273. The second-order valence-corrected chi connectivity index (χ2v) is 7.99. The number of benzene rings is 1. The highest BCUT2D eigenvalue weighted by molar-refractivity contribution is 5.95. The maximum Gasteiger partial charge on any atom is 0.251 e. The topological polar surface area (TPSA) is 93.8 Å². The van der Waals surface area contributed by atoms with Crippen molar-refractivity contribution < 1.29 is 4.79 Å². The lowest BCUT2D eigenvalue weighted by Gasteiger charge is -2.27. The number of carbonyl (C=O) groups is 1. The van der Waals surface area contributed by atoms with Gasteiger partial charge in [-0.25, -0.2) is 9.97 Å². The van der Waals surface area contributed by atoms with Gasteiger partial charge in [-0.3, -0.25) is 9.78 Å². The molecule has 28 heavy (non-hydrogen) atoms. The second kappa shape index (κ2) is 8.17. The lowest BCUT2D eigenvalue weighted by atomic mass is 9.85. The molecular weight excluding hydrogens is 350 g/mol. The summed E-state index contributed by atoms with van der Waals surface area (Å²) in [6.45, 7) is 6.47. The van der Waals surface area contributed by atoms with Gasteiger partial charge in [-0.1, -0.05) is 39.0 Å². The van der Waals surface area contributed by atoms with Gasteiger partial charge in [-0.2, -0.15) is 0 Å². The number of aromatic nitrogens is 3.